The average Bonchev–Trinajstić information content (AvgIpc) is 2.38. The summed E-state index contributed by atoms with van der Waals surface area (Å²) < 4.78 is 5.44. The SMILES string of the molecule is Nc1c(OCc2ccccc2)ccnc1[N+](=O)[O-]. The van der Waals surface area contributed by atoms with Gasteiger partial charge in [0.15, 0.2) is 11.4 Å². The van der Waals surface area contributed by atoms with Gasteiger partial charge in [0.2, 0.25) is 0 Å². The molecule has 0 saturated heterocycles. The minimum Gasteiger partial charge on any atom is -0.486 e. The van der Waals surface area contributed by atoms with Gasteiger partial charge in [-0.3, -0.25) is 0 Å². The van der Waals surface area contributed by atoms with Gasteiger partial charge in [0.05, 0.1) is 0 Å². The summed E-state index contributed by atoms with van der Waals surface area (Å²) in [6, 6.07) is 11.0. The zero-order valence-corrected chi connectivity index (χ0v) is 9.45. The molecule has 2 rings (SSSR count). The number of pyridine rings is 1. The molecule has 1 aromatic carbocycles. The minimum absolute atomic E-state index is 0.0570. The Morgan fingerprint density at radius 1 is 1.28 bits per heavy atom. The molecule has 1 aromatic heterocycles. The van der Waals surface area contributed by atoms with Gasteiger partial charge >= 0.3 is 5.82 Å². The van der Waals surface area contributed by atoms with Crippen molar-refractivity contribution < 1.29 is 9.66 Å². The molecule has 0 unspecified atom stereocenters. The summed E-state index contributed by atoms with van der Waals surface area (Å²) in [5.74, 6) is -0.124. The molecular formula is C12H11N3O3. The number of nitro groups is 1. The molecule has 0 fully saturated rings. The monoisotopic (exact) mass is 245 g/mol. The van der Waals surface area contributed by atoms with Crippen molar-refractivity contribution in [2.75, 3.05) is 5.73 Å². The van der Waals surface area contributed by atoms with Gasteiger partial charge in [0.25, 0.3) is 0 Å². The highest BCUT2D eigenvalue weighted by Gasteiger charge is 2.17. The van der Waals surface area contributed by atoms with Crippen LogP contribution >= 0.6 is 0 Å². The number of nitrogen functional groups attached to an aromatic ring is 1. The first-order chi connectivity index (χ1) is 8.68. The first-order valence-corrected chi connectivity index (χ1v) is 5.24. The second-order valence-electron chi connectivity index (χ2n) is 3.58. The number of anilines is 1. The summed E-state index contributed by atoms with van der Waals surface area (Å²) in [5.41, 5.74) is 6.52. The van der Waals surface area contributed by atoms with E-state index in [4.69, 9.17) is 10.5 Å². The Bertz CT molecular complexity index is 558. The third-order valence-corrected chi connectivity index (χ3v) is 2.34. The van der Waals surface area contributed by atoms with Crippen molar-refractivity contribution in [1.82, 2.24) is 4.98 Å². The van der Waals surface area contributed by atoms with Crippen LogP contribution in [-0.2, 0) is 6.61 Å². The highest BCUT2D eigenvalue weighted by atomic mass is 16.6. The molecule has 6 heteroatoms. The molecule has 18 heavy (non-hydrogen) atoms. The van der Waals surface area contributed by atoms with Crippen molar-refractivity contribution in [3.63, 3.8) is 0 Å². The van der Waals surface area contributed by atoms with Gasteiger partial charge in [-0.1, -0.05) is 30.3 Å². The van der Waals surface area contributed by atoms with E-state index in [-0.39, 0.29) is 17.3 Å². The van der Waals surface area contributed by atoms with Crippen LogP contribution in [0, 0.1) is 10.1 Å². The normalized spacial score (nSPS) is 10.0. The van der Waals surface area contributed by atoms with Gasteiger partial charge in [-0.05, 0) is 15.5 Å². The molecule has 0 aliphatic carbocycles. The number of benzene rings is 1. The molecule has 0 saturated carbocycles. The van der Waals surface area contributed by atoms with Crippen molar-refractivity contribution >= 4 is 11.5 Å². The fourth-order valence-electron chi connectivity index (χ4n) is 1.45. The number of rotatable bonds is 4. The minimum atomic E-state index is -0.634. The molecule has 2 aromatic rings. The first kappa shape index (κ1) is 11.8. The molecule has 0 aliphatic heterocycles. The maximum absolute atomic E-state index is 10.7. The van der Waals surface area contributed by atoms with E-state index < -0.39 is 4.92 Å². The Balaban J connectivity index is 2.15. The first-order valence-electron chi connectivity index (χ1n) is 5.24. The van der Waals surface area contributed by atoms with Crippen molar-refractivity contribution in [3.05, 3.63) is 58.3 Å². The van der Waals surface area contributed by atoms with Crippen molar-refractivity contribution in [3.8, 4) is 5.75 Å². The number of aromatic nitrogens is 1. The largest absolute Gasteiger partial charge is 0.486 e. The van der Waals surface area contributed by atoms with Crippen LogP contribution in [0.15, 0.2) is 42.6 Å². The van der Waals surface area contributed by atoms with Gasteiger partial charge in [-0.25, -0.2) is 0 Å². The summed E-state index contributed by atoms with van der Waals surface area (Å²) in [5, 5.41) is 10.7. The van der Waals surface area contributed by atoms with Crippen LogP contribution in [0.2, 0.25) is 0 Å². The summed E-state index contributed by atoms with van der Waals surface area (Å²) in [4.78, 5) is 13.6. The quantitative estimate of drug-likeness (QED) is 0.658. The molecule has 0 bridgehead atoms. The van der Waals surface area contributed by atoms with E-state index in [2.05, 4.69) is 4.98 Å². The highest BCUT2D eigenvalue weighted by molar-refractivity contribution is 5.62. The second-order valence-corrected chi connectivity index (χ2v) is 3.58. The van der Waals surface area contributed by atoms with E-state index >= 15 is 0 Å². The fraction of sp³-hybridized carbons (Fsp3) is 0.0833. The van der Waals surface area contributed by atoms with Crippen LogP contribution in [0.3, 0.4) is 0 Å². The topological polar surface area (TPSA) is 91.3 Å². The number of hydrogen-bond acceptors (Lipinski definition) is 5. The summed E-state index contributed by atoms with van der Waals surface area (Å²) in [6.45, 7) is 0.298. The highest BCUT2D eigenvalue weighted by Crippen LogP contribution is 2.29. The predicted molar refractivity (Wildman–Crippen MR) is 66.1 cm³/mol. The average molecular weight is 245 g/mol. The van der Waals surface area contributed by atoms with Gasteiger partial charge in [0.1, 0.15) is 12.8 Å². The maximum atomic E-state index is 10.7. The Hall–Kier alpha value is -2.63. The summed E-state index contributed by atoms with van der Waals surface area (Å²) >= 11 is 0. The van der Waals surface area contributed by atoms with E-state index in [0.717, 1.165) is 5.56 Å². The van der Waals surface area contributed by atoms with Crippen LogP contribution in [0.1, 0.15) is 5.56 Å². The number of ether oxygens (including phenoxy) is 1. The summed E-state index contributed by atoms with van der Waals surface area (Å²) in [6.07, 6.45) is 1.30. The number of hydrogen-bond donors (Lipinski definition) is 1. The van der Waals surface area contributed by atoms with E-state index in [1.54, 1.807) is 0 Å². The third-order valence-electron chi connectivity index (χ3n) is 2.34. The van der Waals surface area contributed by atoms with Crippen molar-refractivity contribution in [2.24, 2.45) is 0 Å². The van der Waals surface area contributed by atoms with E-state index in [1.807, 2.05) is 30.3 Å². The Morgan fingerprint density at radius 3 is 2.67 bits per heavy atom. The van der Waals surface area contributed by atoms with Crippen LogP contribution < -0.4 is 10.5 Å². The van der Waals surface area contributed by atoms with Gasteiger partial charge in [-0.2, -0.15) is 0 Å². The smallest absolute Gasteiger partial charge is 0.390 e. The fourth-order valence-corrected chi connectivity index (χ4v) is 1.45. The molecule has 0 amide bonds. The van der Waals surface area contributed by atoms with Gasteiger partial charge < -0.3 is 20.6 Å². The lowest BCUT2D eigenvalue weighted by molar-refractivity contribution is -0.388. The van der Waals surface area contributed by atoms with E-state index in [9.17, 15) is 10.1 Å². The second kappa shape index (κ2) is 5.13. The Labute approximate surface area is 103 Å². The number of nitrogens with two attached hydrogens (primary N) is 1. The van der Waals surface area contributed by atoms with Gasteiger partial charge in [0, 0.05) is 6.07 Å². The lowest BCUT2D eigenvalue weighted by Gasteiger charge is -2.07. The molecule has 0 atom stereocenters. The summed E-state index contributed by atoms with van der Waals surface area (Å²) in [7, 11) is 0. The number of nitrogens with zero attached hydrogens (tertiary/aromatic N) is 2. The van der Waals surface area contributed by atoms with Crippen LogP contribution in [-0.4, -0.2) is 9.91 Å². The lowest BCUT2D eigenvalue weighted by atomic mass is 10.2. The van der Waals surface area contributed by atoms with Crippen molar-refractivity contribution in [2.45, 2.75) is 6.61 Å². The van der Waals surface area contributed by atoms with E-state index in [1.165, 1.54) is 12.3 Å². The molecule has 0 spiro atoms. The zero-order valence-electron chi connectivity index (χ0n) is 9.45. The lowest BCUT2D eigenvalue weighted by Crippen LogP contribution is -2.03. The Morgan fingerprint density at radius 2 is 2.00 bits per heavy atom. The standard InChI is InChI=1S/C12H11N3O3/c13-11-10(6-7-14-12(11)15(16)17)18-8-9-4-2-1-3-5-9/h1-7H,8,13H2. The molecule has 6 nitrogen and oxygen atoms in total. The maximum Gasteiger partial charge on any atom is 0.390 e. The van der Waals surface area contributed by atoms with Crippen LogP contribution in [0.5, 0.6) is 5.75 Å². The molecule has 0 aliphatic rings. The van der Waals surface area contributed by atoms with Crippen LogP contribution in [0.4, 0.5) is 11.5 Å². The van der Waals surface area contributed by atoms with Crippen molar-refractivity contribution in [1.29, 1.82) is 0 Å². The molecule has 0 radical (unpaired) electrons. The molecule has 1 heterocycles. The van der Waals surface area contributed by atoms with E-state index in [0.29, 0.717) is 6.61 Å². The van der Waals surface area contributed by atoms with Gasteiger partial charge in [-0.15, -0.1) is 0 Å². The molecular weight excluding hydrogens is 234 g/mol. The zero-order chi connectivity index (χ0) is 13.0. The third kappa shape index (κ3) is 2.54. The Kier molecular flexibility index (Phi) is 3.38. The predicted octanol–water partition coefficient (Wildman–Crippen LogP) is 2.15. The molecule has 2 N–H and O–H groups in total. The van der Waals surface area contributed by atoms with Crippen LogP contribution in [0.25, 0.3) is 0 Å². The molecule has 92 valence electrons.